The van der Waals surface area contributed by atoms with Gasteiger partial charge in [0.2, 0.25) is 11.9 Å². The molecule has 170 valence electrons. The quantitative estimate of drug-likeness (QED) is 0.279. The fourth-order valence-electron chi connectivity index (χ4n) is 3.36. The number of hydrogen-bond acceptors (Lipinski definition) is 5. The van der Waals surface area contributed by atoms with E-state index in [0.29, 0.717) is 17.5 Å². The molecular weight excluding hydrogens is 422 g/mol. The maximum atomic E-state index is 12.3. The highest BCUT2D eigenvalue weighted by atomic mass is 16.1. The number of carbonyl (C=O) groups excluding carboxylic acids is 1. The van der Waals surface area contributed by atoms with Crippen molar-refractivity contribution in [2.24, 2.45) is 0 Å². The summed E-state index contributed by atoms with van der Waals surface area (Å²) in [5.41, 5.74) is 6.68. The lowest BCUT2D eigenvalue weighted by Gasteiger charge is -2.11. The lowest BCUT2D eigenvalue weighted by Crippen LogP contribution is -2.07. The van der Waals surface area contributed by atoms with Crippen molar-refractivity contribution in [1.82, 2.24) is 9.97 Å². The molecule has 0 radical (unpaired) electrons. The molecule has 0 saturated heterocycles. The summed E-state index contributed by atoms with van der Waals surface area (Å²) in [5, 5.41) is 9.41. The summed E-state index contributed by atoms with van der Waals surface area (Å²) in [7, 11) is 0. The van der Waals surface area contributed by atoms with E-state index in [-0.39, 0.29) is 5.91 Å². The molecule has 3 N–H and O–H groups in total. The van der Waals surface area contributed by atoms with Crippen LogP contribution in [0.3, 0.4) is 0 Å². The van der Waals surface area contributed by atoms with Gasteiger partial charge in [-0.25, -0.2) is 4.98 Å². The maximum absolute atomic E-state index is 12.3. The number of nitrogens with zero attached hydrogens (tertiary/aromatic N) is 2. The van der Waals surface area contributed by atoms with Crippen LogP contribution in [0.4, 0.5) is 28.8 Å². The molecule has 0 spiro atoms. The zero-order valence-electron chi connectivity index (χ0n) is 19.5. The molecular formula is C28H27N5O. The summed E-state index contributed by atoms with van der Waals surface area (Å²) < 4.78 is 0. The van der Waals surface area contributed by atoms with Gasteiger partial charge in [0.25, 0.3) is 0 Å². The summed E-state index contributed by atoms with van der Waals surface area (Å²) in [5.74, 6) is 1.02. The van der Waals surface area contributed by atoms with Crippen LogP contribution >= 0.6 is 0 Å². The molecule has 6 nitrogen and oxygen atoms in total. The van der Waals surface area contributed by atoms with Gasteiger partial charge in [-0.15, -0.1) is 0 Å². The van der Waals surface area contributed by atoms with Crippen molar-refractivity contribution in [2.75, 3.05) is 16.0 Å². The Morgan fingerprint density at radius 3 is 2.15 bits per heavy atom. The molecule has 34 heavy (non-hydrogen) atoms. The zero-order valence-corrected chi connectivity index (χ0v) is 19.5. The molecule has 0 saturated carbocycles. The third-order valence-corrected chi connectivity index (χ3v) is 5.19. The number of amides is 1. The largest absolute Gasteiger partial charge is 0.340 e. The molecule has 3 aromatic carbocycles. The molecule has 0 fully saturated rings. The smallest absolute Gasteiger partial charge is 0.248 e. The number of aromatic nitrogens is 2. The number of hydrogen-bond donors (Lipinski definition) is 3. The standard InChI is InChI=1S/C28H27N5O/c1-19-8-11-23(12-9-19)30-26-18-21(3)29-28(33-26)32-25-15-13-24(14-16-25)31-27(34)17-10-22-7-5-4-6-20(22)2/h4-18H,1-3H3,(H,31,34)(H2,29,30,32,33)/b17-10+. The third-order valence-electron chi connectivity index (χ3n) is 5.19. The Morgan fingerprint density at radius 2 is 1.41 bits per heavy atom. The topological polar surface area (TPSA) is 78.9 Å². The van der Waals surface area contributed by atoms with Crippen LogP contribution in [0.5, 0.6) is 0 Å². The Labute approximate surface area is 199 Å². The highest BCUT2D eigenvalue weighted by Crippen LogP contribution is 2.21. The predicted molar refractivity (Wildman–Crippen MR) is 140 cm³/mol. The molecule has 4 rings (SSSR count). The van der Waals surface area contributed by atoms with E-state index in [2.05, 4.69) is 32.8 Å². The fourth-order valence-corrected chi connectivity index (χ4v) is 3.36. The van der Waals surface area contributed by atoms with E-state index in [1.807, 2.05) is 98.8 Å². The van der Waals surface area contributed by atoms with E-state index >= 15 is 0 Å². The van der Waals surface area contributed by atoms with E-state index in [1.165, 1.54) is 11.6 Å². The van der Waals surface area contributed by atoms with Gasteiger partial charge in [-0.2, -0.15) is 4.98 Å². The Morgan fingerprint density at radius 1 is 0.765 bits per heavy atom. The van der Waals surface area contributed by atoms with Crippen molar-refractivity contribution in [2.45, 2.75) is 20.8 Å². The highest BCUT2D eigenvalue weighted by Gasteiger charge is 2.05. The number of benzene rings is 3. The zero-order chi connectivity index (χ0) is 23.9. The molecule has 0 aliphatic carbocycles. The summed E-state index contributed by atoms with van der Waals surface area (Å²) in [6, 6.07) is 25.4. The van der Waals surface area contributed by atoms with E-state index in [4.69, 9.17) is 0 Å². The van der Waals surface area contributed by atoms with Crippen LogP contribution < -0.4 is 16.0 Å². The van der Waals surface area contributed by atoms with Crippen LogP contribution in [0.15, 0.2) is 84.9 Å². The van der Waals surface area contributed by atoms with Crippen LogP contribution in [-0.2, 0) is 4.79 Å². The molecule has 0 bridgehead atoms. The summed E-state index contributed by atoms with van der Waals surface area (Å²) >= 11 is 0. The molecule has 0 aliphatic rings. The summed E-state index contributed by atoms with van der Waals surface area (Å²) in [6.07, 6.45) is 3.36. The van der Waals surface area contributed by atoms with Crippen LogP contribution in [0.1, 0.15) is 22.4 Å². The fraction of sp³-hybridized carbons (Fsp3) is 0.107. The van der Waals surface area contributed by atoms with Gasteiger partial charge in [0.05, 0.1) is 0 Å². The van der Waals surface area contributed by atoms with Crippen LogP contribution in [-0.4, -0.2) is 15.9 Å². The monoisotopic (exact) mass is 449 g/mol. The number of anilines is 5. The van der Waals surface area contributed by atoms with Gasteiger partial charge < -0.3 is 16.0 Å². The van der Waals surface area contributed by atoms with Crippen LogP contribution in [0, 0.1) is 20.8 Å². The molecule has 1 heterocycles. The van der Waals surface area contributed by atoms with Crippen LogP contribution in [0.2, 0.25) is 0 Å². The average molecular weight is 450 g/mol. The first kappa shape index (κ1) is 22.7. The summed E-state index contributed by atoms with van der Waals surface area (Å²) in [4.78, 5) is 21.3. The summed E-state index contributed by atoms with van der Waals surface area (Å²) in [6.45, 7) is 6.00. The lowest BCUT2D eigenvalue weighted by molar-refractivity contribution is -0.111. The van der Waals surface area contributed by atoms with Crippen molar-refractivity contribution in [1.29, 1.82) is 0 Å². The Balaban J connectivity index is 1.38. The van der Waals surface area contributed by atoms with Crippen LogP contribution in [0.25, 0.3) is 6.08 Å². The molecule has 6 heteroatoms. The number of aryl methyl sites for hydroxylation is 3. The third kappa shape index (κ3) is 6.29. The SMILES string of the molecule is Cc1ccc(Nc2cc(C)nc(Nc3ccc(NC(=O)/C=C/c4ccccc4C)cc3)n2)cc1. The van der Waals surface area contributed by atoms with Crippen molar-refractivity contribution < 1.29 is 4.79 Å². The Bertz CT molecular complexity index is 1310. The van der Waals surface area contributed by atoms with Gasteiger partial charge in [-0.1, -0.05) is 42.0 Å². The first-order valence-electron chi connectivity index (χ1n) is 11.1. The van der Waals surface area contributed by atoms with Gasteiger partial charge in [-0.05, 0) is 74.4 Å². The second kappa shape index (κ2) is 10.4. The Hall–Kier alpha value is -4.45. The van der Waals surface area contributed by atoms with Gasteiger partial charge in [-0.3, -0.25) is 4.79 Å². The maximum Gasteiger partial charge on any atom is 0.248 e. The van der Waals surface area contributed by atoms with Gasteiger partial charge in [0, 0.05) is 34.9 Å². The molecule has 1 aromatic heterocycles. The van der Waals surface area contributed by atoms with E-state index < -0.39 is 0 Å². The molecule has 0 unspecified atom stereocenters. The van der Waals surface area contributed by atoms with Crippen molar-refractivity contribution in [3.8, 4) is 0 Å². The second-order valence-electron chi connectivity index (χ2n) is 8.09. The minimum atomic E-state index is -0.183. The Kier molecular flexibility index (Phi) is 6.98. The first-order chi connectivity index (χ1) is 16.4. The van der Waals surface area contributed by atoms with Crippen molar-refractivity contribution in [3.05, 3.63) is 107 Å². The minimum Gasteiger partial charge on any atom is -0.340 e. The average Bonchev–Trinajstić information content (AvgIpc) is 2.81. The van der Waals surface area contributed by atoms with E-state index in [0.717, 1.165) is 28.2 Å². The molecule has 1 amide bonds. The number of rotatable bonds is 7. The van der Waals surface area contributed by atoms with Gasteiger partial charge in [0.1, 0.15) is 5.82 Å². The lowest BCUT2D eigenvalue weighted by atomic mass is 10.1. The van der Waals surface area contributed by atoms with E-state index in [9.17, 15) is 4.79 Å². The van der Waals surface area contributed by atoms with Gasteiger partial charge >= 0.3 is 0 Å². The van der Waals surface area contributed by atoms with Crippen molar-refractivity contribution in [3.63, 3.8) is 0 Å². The van der Waals surface area contributed by atoms with Gasteiger partial charge in [0.15, 0.2) is 0 Å². The molecule has 0 atom stereocenters. The normalized spacial score (nSPS) is 10.8. The second-order valence-corrected chi connectivity index (χ2v) is 8.09. The first-order valence-corrected chi connectivity index (χ1v) is 11.1. The minimum absolute atomic E-state index is 0.183. The molecule has 4 aromatic rings. The highest BCUT2D eigenvalue weighted by molar-refractivity contribution is 6.02. The molecule has 0 aliphatic heterocycles. The van der Waals surface area contributed by atoms with Crippen molar-refractivity contribution >= 4 is 40.8 Å². The predicted octanol–water partition coefficient (Wildman–Crippen LogP) is 6.54. The number of nitrogens with one attached hydrogen (secondary N) is 3. The number of carbonyl (C=O) groups is 1. The van der Waals surface area contributed by atoms with E-state index in [1.54, 1.807) is 0 Å².